The van der Waals surface area contributed by atoms with Crippen LogP contribution in [-0.2, 0) is 10.0 Å². The molecule has 0 saturated carbocycles. The second-order valence-electron chi connectivity index (χ2n) is 6.92. The third-order valence-electron chi connectivity index (χ3n) is 4.41. The van der Waals surface area contributed by atoms with Crippen LogP contribution in [0.3, 0.4) is 0 Å². The predicted molar refractivity (Wildman–Crippen MR) is 109 cm³/mol. The van der Waals surface area contributed by atoms with E-state index < -0.39 is 15.8 Å². The van der Waals surface area contributed by atoms with E-state index in [0.717, 1.165) is 21.8 Å². The third kappa shape index (κ3) is 3.98. The van der Waals surface area contributed by atoms with Gasteiger partial charge in [-0.05, 0) is 63.0 Å². The molecule has 2 aromatic carbocycles. The lowest BCUT2D eigenvalue weighted by Crippen LogP contribution is -2.21. The van der Waals surface area contributed by atoms with Crippen molar-refractivity contribution in [3.63, 3.8) is 0 Å². The van der Waals surface area contributed by atoms with Gasteiger partial charge in [0.1, 0.15) is 11.6 Å². The molecular formula is C20H24FN3O3S. The van der Waals surface area contributed by atoms with Crippen molar-refractivity contribution < 1.29 is 17.5 Å². The lowest BCUT2D eigenvalue weighted by Gasteiger charge is -2.14. The van der Waals surface area contributed by atoms with Crippen LogP contribution < -0.4 is 10.1 Å². The van der Waals surface area contributed by atoms with Crippen molar-refractivity contribution in [3.8, 4) is 5.75 Å². The zero-order valence-corrected chi connectivity index (χ0v) is 17.2. The fraction of sp³-hybridized carbons (Fsp3) is 0.300. The first-order chi connectivity index (χ1) is 13.2. The third-order valence-corrected chi connectivity index (χ3v) is 6.06. The zero-order chi connectivity index (χ0) is 20.5. The molecule has 3 aromatic rings. The average Bonchev–Trinajstić information content (AvgIpc) is 2.99. The molecule has 0 bridgehead atoms. The van der Waals surface area contributed by atoms with E-state index in [1.54, 1.807) is 12.1 Å². The van der Waals surface area contributed by atoms with Crippen molar-refractivity contribution in [2.24, 2.45) is 0 Å². The number of aryl methyl sites for hydroxylation is 1. The van der Waals surface area contributed by atoms with Crippen molar-refractivity contribution in [2.75, 3.05) is 39.6 Å². The number of ether oxygens (including phenoxy) is 1. The summed E-state index contributed by atoms with van der Waals surface area (Å²) in [4.78, 5) is 2.20. The van der Waals surface area contributed by atoms with E-state index in [2.05, 4.69) is 5.32 Å². The molecule has 6 nitrogen and oxygen atoms in total. The maximum atomic E-state index is 13.6. The fourth-order valence-corrected chi connectivity index (χ4v) is 4.53. The number of nitrogens with zero attached hydrogens (tertiary/aromatic N) is 2. The number of hydrogen-bond donors (Lipinski definition) is 1. The summed E-state index contributed by atoms with van der Waals surface area (Å²) in [7, 11) is 1.48. The van der Waals surface area contributed by atoms with Crippen LogP contribution in [0.1, 0.15) is 5.56 Å². The maximum absolute atomic E-state index is 13.6. The summed E-state index contributed by atoms with van der Waals surface area (Å²) in [5.41, 5.74) is 1.92. The van der Waals surface area contributed by atoms with Gasteiger partial charge in [0, 0.05) is 24.2 Å². The quantitative estimate of drug-likeness (QED) is 0.653. The Morgan fingerprint density at radius 2 is 1.93 bits per heavy atom. The van der Waals surface area contributed by atoms with E-state index in [4.69, 9.17) is 4.74 Å². The number of benzene rings is 2. The standard InChI is InChI=1S/C20H24FN3O3S/c1-14-9-16(22-7-8-23(2)3)12-17(10-14)28(25,26)24-13-20(27-4)18-11-15(21)5-6-19(18)24/h5-6,9-13,22H,7-8H2,1-4H3. The molecule has 0 aliphatic heterocycles. The molecule has 0 amide bonds. The van der Waals surface area contributed by atoms with Crippen LogP contribution in [0.4, 0.5) is 10.1 Å². The van der Waals surface area contributed by atoms with E-state index in [9.17, 15) is 12.8 Å². The van der Waals surface area contributed by atoms with Crippen molar-refractivity contribution in [1.29, 1.82) is 0 Å². The van der Waals surface area contributed by atoms with Gasteiger partial charge in [0.05, 0.1) is 23.7 Å². The van der Waals surface area contributed by atoms with Gasteiger partial charge in [0.2, 0.25) is 0 Å². The van der Waals surface area contributed by atoms with Gasteiger partial charge in [0.25, 0.3) is 10.0 Å². The Kier molecular flexibility index (Phi) is 5.62. The topological polar surface area (TPSA) is 63.6 Å². The Morgan fingerprint density at radius 3 is 2.61 bits per heavy atom. The number of nitrogens with one attached hydrogen (secondary N) is 1. The van der Waals surface area contributed by atoms with Gasteiger partial charge in [0.15, 0.2) is 0 Å². The van der Waals surface area contributed by atoms with Crippen molar-refractivity contribution in [1.82, 2.24) is 8.87 Å². The highest BCUT2D eigenvalue weighted by Gasteiger charge is 2.23. The Morgan fingerprint density at radius 1 is 1.18 bits per heavy atom. The molecule has 0 spiro atoms. The summed E-state index contributed by atoms with van der Waals surface area (Å²) >= 11 is 0. The molecule has 1 N–H and O–H groups in total. The normalized spacial score (nSPS) is 11.9. The number of halogens is 1. The summed E-state index contributed by atoms with van der Waals surface area (Å²) < 4.78 is 46.7. The van der Waals surface area contributed by atoms with Crippen LogP contribution in [0.2, 0.25) is 0 Å². The summed E-state index contributed by atoms with van der Waals surface area (Å²) in [6, 6.07) is 9.08. The van der Waals surface area contributed by atoms with E-state index in [-0.39, 0.29) is 4.90 Å². The fourth-order valence-electron chi connectivity index (χ4n) is 3.04. The molecule has 0 saturated heterocycles. The summed E-state index contributed by atoms with van der Waals surface area (Å²) in [6.45, 7) is 3.36. The van der Waals surface area contributed by atoms with Crippen LogP contribution in [0, 0.1) is 12.7 Å². The highest BCUT2D eigenvalue weighted by atomic mass is 32.2. The molecule has 0 fully saturated rings. The molecular weight excluding hydrogens is 381 g/mol. The number of hydrogen-bond acceptors (Lipinski definition) is 5. The molecule has 28 heavy (non-hydrogen) atoms. The largest absolute Gasteiger partial charge is 0.494 e. The van der Waals surface area contributed by atoms with Crippen LogP contribution in [0.5, 0.6) is 5.75 Å². The van der Waals surface area contributed by atoms with Gasteiger partial charge in [-0.25, -0.2) is 16.8 Å². The van der Waals surface area contributed by atoms with E-state index in [0.29, 0.717) is 23.2 Å². The minimum atomic E-state index is -3.89. The second kappa shape index (κ2) is 7.81. The van der Waals surface area contributed by atoms with Crippen LogP contribution >= 0.6 is 0 Å². The Labute approximate surface area is 164 Å². The molecule has 0 atom stereocenters. The lowest BCUT2D eigenvalue weighted by molar-refractivity contribution is 0.419. The van der Waals surface area contributed by atoms with Gasteiger partial charge in [-0.15, -0.1) is 0 Å². The molecule has 1 heterocycles. The number of aromatic nitrogens is 1. The Balaban J connectivity index is 2.06. The van der Waals surface area contributed by atoms with E-state index in [1.807, 2.05) is 32.0 Å². The minimum Gasteiger partial charge on any atom is -0.494 e. The minimum absolute atomic E-state index is 0.156. The first-order valence-corrected chi connectivity index (χ1v) is 10.3. The van der Waals surface area contributed by atoms with Gasteiger partial charge in [-0.1, -0.05) is 0 Å². The van der Waals surface area contributed by atoms with Crippen molar-refractivity contribution in [2.45, 2.75) is 11.8 Å². The van der Waals surface area contributed by atoms with Gasteiger partial charge < -0.3 is 15.0 Å². The predicted octanol–water partition coefficient (Wildman–Crippen LogP) is 3.31. The van der Waals surface area contributed by atoms with Crippen molar-refractivity contribution >= 4 is 26.6 Å². The Bertz CT molecular complexity index is 1110. The van der Waals surface area contributed by atoms with Gasteiger partial charge in [-0.3, -0.25) is 0 Å². The average molecular weight is 405 g/mol. The first-order valence-electron chi connectivity index (χ1n) is 8.83. The monoisotopic (exact) mass is 405 g/mol. The van der Waals surface area contributed by atoms with Gasteiger partial charge in [-0.2, -0.15) is 0 Å². The van der Waals surface area contributed by atoms with E-state index >= 15 is 0 Å². The summed E-state index contributed by atoms with van der Waals surface area (Å²) in [6.07, 6.45) is 1.38. The highest BCUT2D eigenvalue weighted by Crippen LogP contribution is 2.32. The van der Waals surface area contributed by atoms with Gasteiger partial charge >= 0.3 is 0 Å². The molecule has 3 rings (SSSR count). The SMILES string of the molecule is COc1cn(S(=O)(=O)c2cc(C)cc(NCCN(C)C)c2)c2ccc(F)cc12. The van der Waals surface area contributed by atoms with Crippen LogP contribution in [0.25, 0.3) is 10.9 Å². The molecule has 8 heteroatoms. The van der Waals surface area contributed by atoms with Crippen molar-refractivity contribution in [3.05, 3.63) is 54.0 Å². The molecule has 150 valence electrons. The maximum Gasteiger partial charge on any atom is 0.268 e. The molecule has 0 unspecified atom stereocenters. The number of anilines is 1. The number of likely N-dealkylation sites (N-methyl/N-ethyl adjacent to an activating group) is 1. The zero-order valence-electron chi connectivity index (χ0n) is 16.4. The molecule has 1 aromatic heterocycles. The van der Waals surface area contributed by atoms with Crippen LogP contribution in [-0.4, -0.2) is 51.6 Å². The molecule has 0 aliphatic rings. The first kappa shape index (κ1) is 20.2. The summed E-state index contributed by atoms with van der Waals surface area (Å²) in [5.74, 6) is -0.154. The van der Waals surface area contributed by atoms with Crippen LogP contribution in [0.15, 0.2) is 47.5 Å². The Hall–Kier alpha value is -2.58. The second-order valence-corrected chi connectivity index (χ2v) is 8.74. The summed E-state index contributed by atoms with van der Waals surface area (Å²) in [5, 5.41) is 3.66. The smallest absolute Gasteiger partial charge is 0.268 e. The lowest BCUT2D eigenvalue weighted by atomic mass is 10.2. The number of fused-ring (bicyclic) bond motifs is 1. The number of rotatable bonds is 7. The highest BCUT2D eigenvalue weighted by molar-refractivity contribution is 7.90. The van der Waals surface area contributed by atoms with E-state index in [1.165, 1.54) is 31.5 Å². The molecule has 0 radical (unpaired) electrons. The molecule has 0 aliphatic carbocycles. The number of methoxy groups -OCH3 is 1.